The summed E-state index contributed by atoms with van der Waals surface area (Å²) >= 11 is 1.49. The van der Waals surface area contributed by atoms with Gasteiger partial charge in [0.15, 0.2) is 5.82 Å². The third kappa shape index (κ3) is 3.11. The average Bonchev–Trinajstić information content (AvgIpc) is 3.24. The molecule has 0 unspecified atom stereocenters. The van der Waals surface area contributed by atoms with Crippen LogP contribution in [0.2, 0.25) is 24.7 Å². The van der Waals surface area contributed by atoms with Gasteiger partial charge in [-0.15, -0.1) is 11.3 Å². The van der Waals surface area contributed by atoms with E-state index in [0.29, 0.717) is 12.4 Å². The van der Waals surface area contributed by atoms with Crippen LogP contribution in [0.5, 0.6) is 0 Å². The van der Waals surface area contributed by atoms with Crippen molar-refractivity contribution >= 4 is 42.2 Å². The zero-order valence-corrected chi connectivity index (χ0v) is 19.5. The van der Waals surface area contributed by atoms with Crippen molar-refractivity contribution in [1.29, 1.82) is 0 Å². The predicted octanol–water partition coefficient (Wildman–Crippen LogP) is 4.96. The molecule has 7 nitrogen and oxygen atoms in total. The summed E-state index contributed by atoms with van der Waals surface area (Å²) < 4.78 is 0. The number of rotatable bonds is 4. The molecule has 2 aromatic rings. The van der Waals surface area contributed by atoms with Crippen LogP contribution in [0.3, 0.4) is 0 Å². The van der Waals surface area contributed by atoms with Crippen LogP contribution in [0.4, 0.5) is 15.6 Å². The van der Waals surface area contributed by atoms with Crippen LogP contribution < -0.4 is 10.6 Å². The molecule has 0 aromatic carbocycles. The number of anilines is 2. The largest absolute Gasteiger partial charge is 0.323 e. The molecule has 0 atom stereocenters. The number of hydrogen-bond donors (Lipinski definition) is 3. The monoisotopic (exact) mass is 431 g/mol. The highest BCUT2D eigenvalue weighted by molar-refractivity contribution is 7.14. The molecule has 1 fully saturated rings. The molecule has 0 radical (unpaired) electrons. The first kappa shape index (κ1) is 20.2. The minimum absolute atomic E-state index is 0.0940. The summed E-state index contributed by atoms with van der Waals surface area (Å²) in [4.78, 5) is 27.9. The molecular formula is C20H29N5O2SSi. The van der Waals surface area contributed by atoms with Crippen molar-refractivity contribution in [2.45, 2.75) is 69.9 Å². The Morgan fingerprint density at radius 1 is 1.24 bits per heavy atom. The first-order valence-electron chi connectivity index (χ1n) is 10.1. The SMILES string of the molecule is CC1(C)c2[nH]nc(NC(=O)C3([Si](C)(C)C)CCC3)c2CN1C(=O)Nc1cccs1. The molecule has 3 amide bonds. The van der Waals surface area contributed by atoms with Gasteiger partial charge in [-0.05, 0) is 44.2 Å². The van der Waals surface area contributed by atoms with Crippen molar-refractivity contribution in [2.75, 3.05) is 10.6 Å². The maximum absolute atomic E-state index is 13.2. The normalized spacial score (nSPS) is 19.4. The molecular weight excluding hydrogens is 402 g/mol. The van der Waals surface area contributed by atoms with Gasteiger partial charge in [0, 0.05) is 10.6 Å². The van der Waals surface area contributed by atoms with Gasteiger partial charge in [0.05, 0.1) is 30.9 Å². The number of urea groups is 1. The van der Waals surface area contributed by atoms with Crippen molar-refractivity contribution in [2.24, 2.45) is 0 Å². The van der Waals surface area contributed by atoms with E-state index in [1.54, 1.807) is 4.90 Å². The highest BCUT2D eigenvalue weighted by Gasteiger charge is 2.54. The van der Waals surface area contributed by atoms with E-state index in [0.717, 1.165) is 35.5 Å². The van der Waals surface area contributed by atoms with E-state index in [1.807, 2.05) is 31.4 Å². The molecule has 0 bridgehead atoms. The molecule has 29 heavy (non-hydrogen) atoms. The highest BCUT2D eigenvalue weighted by atomic mass is 32.1. The first-order valence-corrected chi connectivity index (χ1v) is 14.5. The number of carbonyl (C=O) groups excluding carboxylic acids is 2. The highest BCUT2D eigenvalue weighted by Crippen LogP contribution is 2.56. The maximum atomic E-state index is 13.2. The van der Waals surface area contributed by atoms with Crippen LogP contribution in [0.15, 0.2) is 17.5 Å². The molecule has 3 N–H and O–H groups in total. The van der Waals surface area contributed by atoms with E-state index < -0.39 is 13.6 Å². The van der Waals surface area contributed by atoms with Gasteiger partial charge in [0.25, 0.3) is 0 Å². The first-order chi connectivity index (χ1) is 13.6. The quantitative estimate of drug-likeness (QED) is 0.598. The summed E-state index contributed by atoms with van der Waals surface area (Å²) in [5, 5.41) is 16.1. The minimum atomic E-state index is -1.67. The molecule has 9 heteroatoms. The van der Waals surface area contributed by atoms with Crippen molar-refractivity contribution in [3.8, 4) is 0 Å². The number of fused-ring (bicyclic) bond motifs is 1. The molecule has 156 valence electrons. The Kier molecular flexibility index (Phi) is 4.65. The van der Waals surface area contributed by atoms with Crippen LogP contribution >= 0.6 is 11.3 Å². The Bertz CT molecular complexity index is 941. The fraction of sp³-hybridized carbons (Fsp3) is 0.550. The lowest BCUT2D eigenvalue weighted by Crippen LogP contribution is -2.52. The van der Waals surface area contributed by atoms with Crippen LogP contribution in [0.25, 0.3) is 0 Å². The van der Waals surface area contributed by atoms with E-state index in [4.69, 9.17) is 0 Å². The topological polar surface area (TPSA) is 90.1 Å². The van der Waals surface area contributed by atoms with E-state index in [-0.39, 0.29) is 17.0 Å². The summed E-state index contributed by atoms with van der Waals surface area (Å²) in [5.41, 5.74) is 1.24. The second kappa shape index (κ2) is 6.70. The Morgan fingerprint density at radius 2 is 1.97 bits per heavy atom. The third-order valence-corrected chi connectivity index (χ3v) is 11.2. The average molecular weight is 432 g/mol. The molecule has 2 aromatic heterocycles. The second-order valence-corrected chi connectivity index (χ2v) is 16.0. The van der Waals surface area contributed by atoms with Crippen LogP contribution in [0, 0.1) is 0 Å². The van der Waals surface area contributed by atoms with Gasteiger partial charge >= 0.3 is 6.03 Å². The number of nitrogens with one attached hydrogen (secondary N) is 3. The number of thiophene rings is 1. The summed E-state index contributed by atoms with van der Waals surface area (Å²) in [6.45, 7) is 11.2. The maximum Gasteiger partial charge on any atom is 0.323 e. The zero-order valence-electron chi connectivity index (χ0n) is 17.7. The summed E-state index contributed by atoms with van der Waals surface area (Å²) in [7, 11) is -1.67. The van der Waals surface area contributed by atoms with Crippen molar-refractivity contribution < 1.29 is 9.59 Å². The number of aromatic nitrogens is 2. The summed E-state index contributed by atoms with van der Waals surface area (Å²) in [6.07, 6.45) is 3.03. The van der Waals surface area contributed by atoms with Crippen LogP contribution in [-0.2, 0) is 16.9 Å². The van der Waals surface area contributed by atoms with Gasteiger partial charge in [-0.1, -0.05) is 26.1 Å². The number of amides is 3. The standard InChI is InChI=1S/C20H29N5O2SSi/c1-19(2)15-13(12-25(19)18(27)21-14-8-6-11-28-14)16(24-23-15)22-17(26)20(9-7-10-20)29(3,4)5/h6,8,11H,7,9-10,12H2,1-5H3,(H,21,27)(H2,22,23,24,26). The zero-order chi connectivity index (χ0) is 21.0. The van der Waals surface area contributed by atoms with Crippen molar-refractivity contribution in [1.82, 2.24) is 15.1 Å². The molecule has 4 rings (SSSR count). The molecule has 3 heterocycles. The predicted molar refractivity (Wildman–Crippen MR) is 119 cm³/mol. The van der Waals surface area contributed by atoms with Gasteiger partial charge in [0.1, 0.15) is 0 Å². The Morgan fingerprint density at radius 3 is 2.52 bits per heavy atom. The van der Waals surface area contributed by atoms with Crippen molar-refractivity contribution in [3.63, 3.8) is 0 Å². The Balaban J connectivity index is 1.55. The molecule has 1 aliphatic heterocycles. The molecule has 0 saturated heterocycles. The van der Waals surface area contributed by atoms with E-state index in [9.17, 15) is 9.59 Å². The fourth-order valence-electron chi connectivity index (χ4n) is 4.54. The number of nitrogens with zero attached hydrogens (tertiary/aromatic N) is 2. The molecule has 0 spiro atoms. The van der Waals surface area contributed by atoms with Crippen LogP contribution in [0.1, 0.15) is 44.4 Å². The number of carbonyl (C=O) groups is 2. The number of hydrogen-bond acceptors (Lipinski definition) is 4. The van der Waals surface area contributed by atoms with Crippen LogP contribution in [-0.4, -0.2) is 35.1 Å². The van der Waals surface area contributed by atoms with Crippen molar-refractivity contribution in [3.05, 3.63) is 28.8 Å². The Hall–Kier alpha value is -2.13. The lowest BCUT2D eigenvalue weighted by molar-refractivity contribution is -0.121. The second-order valence-electron chi connectivity index (χ2n) is 9.62. The number of H-pyrrole nitrogens is 1. The summed E-state index contributed by atoms with van der Waals surface area (Å²) in [5.74, 6) is 0.658. The summed E-state index contributed by atoms with van der Waals surface area (Å²) in [6, 6.07) is 3.63. The lowest BCUT2D eigenvalue weighted by atomic mass is 9.83. The van der Waals surface area contributed by atoms with Gasteiger partial charge in [-0.3, -0.25) is 15.2 Å². The van der Waals surface area contributed by atoms with Gasteiger partial charge in [-0.2, -0.15) is 5.10 Å². The molecule has 2 aliphatic rings. The lowest BCUT2D eigenvalue weighted by Gasteiger charge is -2.48. The third-order valence-electron chi connectivity index (χ3n) is 6.78. The molecule has 1 saturated carbocycles. The van der Waals surface area contributed by atoms with E-state index >= 15 is 0 Å². The van der Waals surface area contributed by atoms with Gasteiger partial charge < -0.3 is 10.2 Å². The van der Waals surface area contributed by atoms with Gasteiger partial charge in [0.2, 0.25) is 5.91 Å². The molecule has 1 aliphatic carbocycles. The minimum Gasteiger partial charge on any atom is -0.309 e. The Labute approximate surface area is 176 Å². The smallest absolute Gasteiger partial charge is 0.309 e. The van der Waals surface area contributed by atoms with Gasteiger partial charge in [-0.25, -0.2) is 4.79 Å². The number of aromatic amines is 1. The van der Waals surface area contributed by atoms with E-state index in [1.165, 1.54) is 11.3 Å². The fourth-order valence-corrected chi connectivity index (χ4v) is 7.75. The van der Waals surface area contributed by atoms with E-state index in [2.05, 4.69) is 40.5 Å².